The van der Waals surface area contributed by atoms with E-state index in [0.717, 1.165) is 36.4 Å². The molecule has 1 fully saturated rings. The number of carbonyl (C=O) groups excluding carboxylic acids is 1. The number of methoxy groups -OCH3 is 1. The zero-order valence-corrected chi connectivity index (χ0v) is 24.6. The Labute approximate surface area is 233 Å². The van der Waals surface area contributed by atoms with Crippen molar-refractivity contribution in [1.29, 1.82) is 0 Å². The van der Waals surface area contributed by atoms with Crippen LogP contribution in [0.2, 0.25) is 18.6 Å². The summed E-state index contributed by atoms with van der Waals surface area (Å²) >= 11 is 0. The first kappa shape index (κ1) is 27.6. The standard InChI is InChI=1S/C33H41NO4Si/c1-23-30(38-31(21-22-35)33(23)39(3,4)28-17-15-27(37-2)16-18-28)19-11-24-9-13-26(14-10-24)34-29-8-6-5-7-25(29)12-20-32(34)36/h5-10,13-18,23,30-31,33,35H,11-12,19-22H2,1-4H3/t23-,30+,31-,33+/m0/s1. The van der Waals surface area contributed by atoms with Crippen LogP contribution in [0, 0.1) is 5.92 Å². The molecule has 0 spiro atoms. The lowest BCUT2D eigenvalue weighted by Crippen LogP contribution is -2.50. The minimum atomic E-state index is -1.89. The van der Waals surface area contributed by atoms with Crippen molar-refractivity contribution in [3.8, 4) is 5.75 Å². The number of aliphatic hydroxyl groups is 1. The van der Waals surface area contributed by atoms with Crippen LogP contribution in [0.4, 0.5) is 11.4 Å². The van der Waals surface area contributed by atoms with Crippen LogP contribution in [0.3, 0.4) is 0 Å². The monoisotopic (exact) mass is 543 g/mol. The van der Waals surface area contributed by atoms with Crippen LogP contribution < -0.4 is 14.8 Å². The summed E-state index contributed by atoms with van der Waals surface area (Å²) < 4.78 is 12.1. The van der Waals surface area contributed by atoms with Gasteiger partial charge in [0.1, 0.15) is 5.75 Å². The van der Waals surface area contributed by atoms with Crippen molar-refractivity contribution in [2.24, 2.45) is 5.92 Å². The number of rotatable bonds is 9. The highest BCUT2D eigenvalue weighted by Crippen LogP contribution is 2.46. The predicted octanol–water partition coefficient (Wildman–Crippen LogP) is 6.01. The summed E-state index contributed by atoms with van der Waals surface area (Å²) in [6.45, 7) is 7.36. The number of hydrogen-bond acceptors (Lipinski definition) is 4. The van der Waals surface area contributed by atoms with Crippen LogP contribution >= 0.6 is 0 Å². The first-order valence-electron chi connectivity index (χ1n) is 14.2. The number of hydrogen-bond donors (Lipinski definition) is 1. The van der Waals surface area contributed by atoms with Crippen molar-refractivity contribution in [3.63, 3.8) is 0 Å². The molecule has 2 aliphatic heterocycles. The second-order valence-electron chi connectivity index (χ2n) is 11.6. The van der Waals surface area contributed by atoms with Crippen molar-refractivity contribution < 1.29 is 19.4 Å². The molecule has 5 nitrogen and oxygen atoms in total. The first-order valence-corrected chi connectivity index (χ1v) is 17.3. The lowest BCUT2D eigenvalue weighted by atomic mass is 9.95. The number of aryl methyl sites for hydroxylation is 2. The molecule has 2 heterocycles. The molecule has 3 aromatic carbocycles. The van der Waals surface area contributed by atoms with Crippen molar-refractivity contribution >= 4 is 30.5 Å². The van der Waals surface area contributed by atoms with Gasteiger partial charge >= 0.3 is 0 Å². The molecule has 3 aromatic rings. The van der Waals surface area contributed by atoms with Gasteiger partial charge in [-0.3, -0.25) is 9.69 Å². The van der Waals surface area contributed by atoms with E-state index in [2.05, 4.69) is 74.6 Å². The number of amides is 1. The van der Waals surface area contributed by atoms with Gasteiger partial charge in [0.05, 0.1) is 33.1 Å². The first-order chi connectivity index (χ1) is 18.8. The van der Waals surface area contributed by atoms with E-state index in [4.69, 9.17) is 9.47 Å². The molecule has 0 bridgehead atoms. The van der Waals surface area contributed by atoms with E-state index in [1.54, 1.807) is 7.11 Å². The van der Waals surface area contributed by atoms with Gasteiger partial charge in [0, 0.05) is 18.7 Å². The quantitative estimate of drug-likeness (QED) is 0.336. The SMILES string of the molecule is COc1ccc([Si](C)(C)[C@@H]2[C@@H](C)[C@@H](CCc3ccc(N4C(=O)CCc5ccccc54)cc3)O[C@H]2CCO)cc1. The Kier molecular flexibility index (Phi) is 8.26. The van der Waals surface area contributed by atoms with E-state index in [1.165, 1.54) is 16.3 Å². The van der Waals surface area contributed by atoms with Crippen LogP contribution in [0.5, 0.6) is 5.75 Å². The van der Waals surface area contributed by atoms with E-state index in [1.807, 2.05) is 23.1 Å². The normalized spacial score (nSPS) is 23.1. The lowest BCUT2D eigenvalue weighted by molar-refractivity contribution is -0.118. The fourth-order valence-electron chi connectivity index (χ4n) is 6.88. The largest absolute Gasteiger partial charge is 0.497 e. The number of fused-ring (bicyclic) bond motifs is 1. The number of aliphatic hydroxyl groups excluding tert-OH is 1. The van der Waals surface area contributed by atoms with E-state index >= 15 is 0 Å². The number of para-hydroxylation sites is 1. The van der Waals surface area contributed by atoms with Gasteiger partial charge in [0.15, 0.2) is 0 Å². The highest BCUT2D eigenvalue weighted by molar-refractivity contribution is 6.91. The topological polar surface area (TPSA) is 59.0 Å². The van der Waals surface area contributed by atoms with Gasteiger partial charge in [-0.2, -0.15) is 0 Å². The third-order valence-corrected chi connectivity index (χ3v) is 13.4. The lowest BCUT2D eigenvalue weighted by Gasteiger charge is -2.36. The number of ether oxygens (including phenoxy) is 2. The zero-order valence-electron chi connectivity index (χ0n) is 23.6. The average molecular weight is 544 g/mol. The van der Waals surface area contributed by atoms with Gasteiger partial charge in [0.25, 0.3) is 0 Å². The number of anilines is 2. The summed E-state index contributed by atoms with van der Waals surface area (Å²) in [6.07, 6.45) is 4.12. The Balaban J connectivity index is 1.28. The molecule has 0 unspecified atom stereocenters. The molecule has 0 radical (unpaired) electrons. The summed E-state index contributed by atoms with van der Waals surface area (Å²) in [5.74, 6) is 1.44. The van der Waals surface area contributed by atoms with E-state index in [-0.39, 0.29) is 24.7 Å². The summed E-state index contributed by atoms with van der Waals surface area (Å²) in [6, 6.07) is 25.2. The number of carbonyl (C=O) groups is 1. The number of nitrogens with zero attached hydrogens (tertiary/aromatic N) is 1. The molecule has 1 N–H and O–H groups in total. The molecular weight excluding hydrogens is 502 g/mol. The highest BCUT2D eigenvalue weighted by atomic mass is 28.3. The van der Waals surface area contributed by atoms with Gasteiger partial charge in [-0.1, -0.05) is 67.7 Å². The fourth-order valence-corrected chi connectivity index (χ4v) is 11.0. The molecule has 39 heavy (non-hydrogen) atoms. The predicted molar refractivity (Wildman–Crippen MR) is 160 cm³/mol. The molecule has 0 saturated carbocycles. The van der Waals surface area contributed by atoms with E-state index in [9.17, 15) is 9.90 Å². The van der Waals surface area contributed by atoms with Crippen molar-refractivity contribution in [2.45, 2.75) is 69.9 Å². The summed E-state index contributed by atoms with van der Waals surface area (Å²) in [5.41, 5.74) is 4.83. The van der Waals surface area contributed by atoms with Crippen LogP contribution in [-0.2, 0) is 22.4 Å². The molecule has 4 atom stereocenters. The van der Waals surface area contributed by atoms with Crippen LogP contribution in [0.15, 0.2) is 72.8 Å². The molecule has 1 amide bonds. The van der Waals surface area contributed by atoms with Crippen LogP contribution in [0.1, 0.15) is 37.3 Å². The summed E-state index contributed by atoms with van der Waals surface area (Å²) in [5, 5.41) is 11.2. The second-order valence-corrected chi connectivity index (χ2v) is 16.3. The van der Waals surface area contributed by atoms with Gasteiger partial charge in [-0.05, 0) is 78.6 Å². The van der Waals surface area contributed by atoms with Crippen LogP contribution in [0.25, 0.3) is 0 Å². The maximum atomic E-state index is 12.8. The Bertz CT molecular complexity index is 1270. The molecule has 1 saturated heterocycles. The van der Waals surface area contributed by atoms with Crippen molar-refractivity contribution in [2.75, 3.05) is 18.6 Å². The second kappa shape index (κ2) is 11.7. The van der Waals surface area contributed by atoms with Gasteiger partial charge < -0.3 is 14.6 Å². The third kappa shape index (κ3) is 5.56. The highest BCUT2D eigenvalue weighted by Gasteiger charge is 2.50. The maximum absolute atomic E-state index is 12.8. The zero-order chi connectivity index (χ0) is 27.6. The Morgan fingerprint density at radius 1 is 0.949 bits per heavy atom. The molecule has 0 aromatic heterocycles. The molecule has 0 aliphatic carbocycles. The third-order valence-electron chi connectivity index (χ3n) is 8.99. The van der Waals surface area contributed by atoms with Gasteiger partial charge in [0.2, 0.25) is 5.91 Å². The maximum Gasteiger partial charge on any atom is 0.231 e. The molecule has 2 aliphatic rings. The van der Waals surface area contributed by atoms with Crippen LogP contribution in [-0.4, -0.2) is 45.0 Å². The smallest absolute Gasteiger partial charge is 0.231 e. The molecule has 6 heteroatoms. The fraction of sp³-hybridized carbons (Fsp3) is 0.424. The summed E-state index contributed by atoms with van der Waals surface area (Å²) in [4.78, 5) is 14.7. The summed E-state index contributed by atoms with van der Waals surface area (Å²) in [7, 11) is -0.186. The van der Waals surface area contributed by atoms with Gasteiger partial charge in [-0.15, -0.1) is 0 Å². The molecule has 206 valence electrons. The molecular formula is C33H41NO4Si. The Morgan fingerprint density at radius 2 is 1.67 bits per heavy atom. The average Bonchev–Trinajstić information content (AvgIpc) is 3.27. The van der Waals surface area contributed by atoms with Crippen molar-refractivity contribution in [1.82, 2.24) is 0 Å². The Morgan fingerprint density at radius 3 is 2.36 bits per heavy atom. The van der Waals surface area contributed by atoms with E-state index < -0.39 is 8.07 Å². The Hall–Kier alpha value is -2.93. The van der Waals surface area contributed by atoms with E-state index in [0.29, 0.717) is 24.3 Å². The minimum Gasteiger partial charge on any atom is -0.497 e. The number of benzene rings is 3. The van der Waals surface area contributed by atoms with Gasteiger partial charge in [-0.25, -0.2) is 0 Å². The van der Waals surface area contributed by atoms with Crippen molar-refractivity contribution in [3.05, 3.63) is 83.9 Å². The molecule has 5 rings (SSSR count). The minimum absolute atomic E-state index is 0.0753.